The Morgan fingerprint density at radius 3 is 2.64 bits per heavy atom. The van der Waals surface area contributed by atoms with Crippen molar-refractivity contribution in [1.29, 1.82) is 0 Å². The molecule has 1 amide bonds. The number of rotatable bonds is 5. The van der Waals surface area contributed by atoms with Crippen molar-refractivity contribution in [3.05, 3.63) is 71.9 Å². The maximum atomic E-state index is 12.7. The average molecular weight is 464 g/mol. The van der Waals surface area contributed by atoms with E-state index in [-0.39, 0.29) is 23.8 Å². The summed E-state index contributed by atoms with van der Waals surface area (Å²) in [5.41, 5.74) is 2.78. The average Bonchev–Trinajstić information content (AvgIpc) is 3.10. The number of para-hydroxylation sites is 1. The minimum Gasteiger partial charge on any atom is -0.340 e. The Bertz CT molecular complexity index is 1330. The number of piperazine rings is 1. The van der Waals surface area contributed by atoms with E-state index in [4.69, 9.17) is 0 Å². The zero-order valence-corrected chi connectivity index (χ0v) is 19.0. The van der Waals surface area contributed by atoms with Crippen LogP contribution in [0.5, 0.6) is 0 Å². The van der Waals surface area contributed by atoms with Crippen LogP contribution in [0.2, 0.25) is 0 Å². The molecule has 8 nitrogen and oxygen atoms in total. The molecule has 0 aliphatic carbocycles. The number of amides is 1. The molecular weight excluding hydrogens is 438 g/mol. The van der Waals surface area contributed by atoms with Crippen LogP contribution < -0.4 is 4.72 Å². The molecule has 33 heavy (non-hydrogen) atoms. The Labute approximate surface area is 193 Å². The number of fused-ring (bicyclic) bond motifs is 2. The van der Waals surface area contributed by atoms with Crippen LogP contribution in [0.25, 0.3) is 10.9 Å². The fourth-order valence-corrected chi connectivity index (χ4v) is 5.61. The summed E-state index contributed by atoms with van der Waals surface area (Å²) in [7, 11) is -3.56. The monoisotopic (exact) mass is 463 g/mol. The molecule has 5 rings (SSSR count). The van der Waals surface area contributed by atoms with Crippen LogP contribution in [-0.4, -0.2) is 67.7 Å². The van der Waals surface area contributed by atoms with E-state index >= 15 is 0 Å². The Balaban J connectivity index is 1.14. The molecule has 1 aromatic heterocycles. The smallest absolute Gasteiger partial charge is 0.263 e. The van der Waals surface area contributed by atoms with Gasteiger partial charge in [0.05, 0.1) is 17.0 Å². The summed E-state index contributed by atoms with van der Waals surface area (Å²) in [6.45, 7) is 4.00. The van der Waals surface area contributed by atoms with Gasteiger partial charge in [0, 0.05) is 56.3 Å². The van der Waals surface area contributed by atoms with Crippen LogP contribution in [0.15, 0.2) is 70.7 Å². The Kier molecular flexibility index (Phi) is 5.82. The van der Waals surface area contributed by atoms with Gasteiger partial charge in [0.25, 0.3) is 10.0 Å². The predicted octanol–water partition coefficient (Wildman–Crippen LogP) is 2.01. The molecule has 0 spiro atoms. The highest BCUT2D eigenvalue weighted by molar-refractivity contribution is 7.90. The molecule has 2 aliphatic heterocycles. The van der Waals surface area contributed by atoms with Crippen molar-refractivity contribution in [2.24, 2.45) is 4.99 Å². The number of pyridine rings is 1. The third-order valence-electron chi connectivity index (χ3n) is 6.09. The summed E-state index contributed by atoms with van der Waals surface area (Å²) >= 11 is 0. The first-order valence-corrected chi connectivity index (χ1v) is 12.5. The topological polar surface area (TPSA) is 95.0 Å². The molecule has 2 aliphatic rings. The summed E-state index contributed by atoms with van der Waals surface area (Å²) in [5.74, 6) is 0.354. The first-order valence-electron chi connectivity index (χ1n) is 11.0. The minimum atomic E-state index is -3.56. The van der Waals surface area contributed by atoms with Crippen LogP contribution in [0, 0.1) is 0 Å². The van der Waals surface area contributed by atoms with Crippen LogP contribution in [-0.2, 0) is 21.4 Å². The van der Waals surface area contributed by atoms with Crippen molar-refractivity contribution in [1.82, 2.24) is 19.5 Å². The van der Waals surface area contributed by atoms with E-state index < -0.39 is 10.0 Å². The molecule has 0 atom stereocenters. The lowest BCUT2D eigenvalue weighted by Crippen LogP contribution is -2.48. The molecule has 0 saturated carbocycles. The fraction of sp³-hybridized carbons (Fsp3) is 0.292. The number of nitrogens with zero attached hydrogens (tertiary/aromatic N) is 4. The Morgan fingerprint density at radius 1 is 1.00 bits per heavy atom. The summed E-state index contributed by atoms with van der Waals surface area (Å²) in [6, 6.07) is 17.0. The number of nitrogens with one attached hydrogen (secondary N) is 1. The number of aromatic nitrogens is 1. The summed E-state index contributed by atoms with van der Waals surface area (Å²) in [4.78, 5) is 26.0. The van der Waals surface area contributed by atoms with Gasteiger partial charge in [-0.25, -0.2) is 8.42 Å². The molecule has 2 aromatic carbocycles. The van der Waals surface area contributed by atoms with E-state index in [1.165, 1.54) is 5.56 Å². The van der Waals surface area contributed by atoms with Crippen molar-refractivity contribution >= 4 is 32.7 Å². The van der Waals surface area contributed by atoms with Crippen LogP contribution in [0.1, 0.15) is 17.5 Å². The van der Waals surface area contributed by atoms with E-state index in [9.17, 15) is 13.2 Å². The summed E-state index contributed by atoms with van der Waals surface area (Å²) in [6.07, 6.45) is 2.07. The summed E-state index contributed by atoms with van der Waals surface area (Å²) < 4.78 is 26.8. The Hall–Kier alpha value is -3.30. The van der Waals surface area contributed by atoms with E-state index in [1.54, 1.807) is 24.3 Å². The number of carbonyl (C=O) groups excluding carboxylic acids is 1. The lowest BCUT2D eigenvalue weighted by atomic mass is 10.1. The van der Waals surface area contributed by atoms with Gasteiger partial charge in [-0.05, 0) is 23.8 Å². The van der Waals surface area contributed by atoms with Gasteiger partial charge in [-0.15, -0.1) is 0 Å². The SMILES string of the molecule is O=C(CCN=C1NS(=O)(=O)c2ccccc21)N1CCN(Cc2cccc3cccnc23)CC1. The standard InChI is InChI=1S/C24H25N5O3S/c30-22(10-12-26-24-20-8-1-2-9-21(20)33(31,32)27-24)29-15-13-28(14-16-29)17-19-6-3-5-18-7-4-11-25-23(18)19/h1-9,11H,10,12-17H2,(H,26,27). The van der Waals surface area contributed by atoms with Crippen LogP contribution >= 0.6 is 0 Å². The number of carbonyl (C=O) groups is 1. The van der Waals surface area contributed by atoms with Crippen LogP contribution in [0.4, 0.5) is 0 Å². The van der Waals surface area contributed by atoms with E-state index in [0.29, 0.717) is 24.5 Å². The minimum absolute atomic E-state index is 0.0416. The zero-order valence-electron chi connectivity index (χ0n) is 18.1. The molecule has 1 N–H and O–H groups in total. The van der Waals surface area contributed by atoms with Gasteiger partial charge in [-0.2, -0.15) is 0 Å². The van der Waals surface area contributed by atoms with Crippen molar-refractivity contribution < 1.29 is 13.2 Å². The maximum absolute atomic E-state index is 12.7. The van der Waals surface area contributed by atoms with E-state index in [1.807, 2.05) is 17.2 Å². The maximum Gasteiger partial charge on any atom is 0.263 e. The Morgan fingerprint density at radius 2 is 1.79 bits per heavy atom. The normalized spacial score (nSPS) is 18.9. The molecule has 9 heteroatoms. The van der Waals surface area contributed by atoms with Crippen molar-refractivity contribution in [3.8, 4) is 0 Å². The summed E-state index contributed by atoms with van der Waals surface area (Å²) in [5, 5.41) is 1.14. The molecule has 170 valence electrons. The molecule has 0 bridgehead atoms. The first-order chi connectivity index (χ1) is 16.0. The second-order valence-electron chi connectivity index (χ2n) is 8.23. The highest BCUT2D eigenvalue weighted by atomic mass is 32.2. The number of benzene rings is 2. The molecule has 0 radical (unpaired) electrons. The van der Waals surface area contributed by atoms with Gasteiger partial charge < -0.3 is 4.90 Å². The molecule has 1 saturated heterocycles. The van der Waals surface area contributed by atoms with Gasteiger partial charge in [-0.3, -0.25) is 24.4 Å². The van der Waals surface area contributed by atoms with Crippen molar-refractivity contribution in [3.63, 3.8) is 0 Å². The highest BCUT2D eigenvalue weighted by Gasteiger charge is 2.30. The predicted molar refractivity (Wildman–Crippen MR) is 126 cm³/mol. The third kappa shape index (κ3) is 4.46. The molecule has 3 aromatic rings. The second-order valence-corrected chi connectivity index (χ2v) is 9.88. The number of amidine groups is 1. The van der Waals surface area contributed by atoms with Gasteiger partial charge >= 0.3 is 0 Å². The third-order valence-corrected chi connectivity index (χ3v) is 7.49. The number of hydrogen-bond donors (Lipinski definition) is 1. The van der Waals surface area contributed by atoms with Crippen LogP contribution in [0.3, 0.4) is 0 Å². The molecule has 3 heterocycles. The molecule has 1 fully saturated rings. The largest absolute Gasteiger partial charge is 0.340 e. The van der Waals surface area contributed by atoms with Crippen molar-refractivity contribution in [2.45, 2.75) is 17.9 Å². The lowest BCUT2D eigenvalue weighted by Gasteiger charge is -2.34. The quantitative estimate of drug-likeness (QED) is 0.625. The van der Waals surface area contributed by atoms with Gasteiger partial charge in [-0.1, -0.05) is 36.4 Å². The van der Waals surface area contributed by atoms with E-state index in [2.05, 4.69) is 43.9 Å². The van der Waals surface area contributed by atoms with Gasteiger partial charge in [0.15, 0.2) is 0 Å². The fourth-order valence-electron chi connectivity index (χ4n) is 4.36. The second kappa shape index (κ2) is 8.92. The molecular formula is C24H25N5O3S. The van der Waals surface area contributed by atoms with E-state index in [0.717, 1.165) is 30.5 Å². The number of hydrogen-bond acceptors (Lipinski definition) is 6. The zero-order chi connectivity index (χ0) is 22.8. The number of sulfonamides is 1. The van der Waals surface area contributed by atoms with Gasteiger partial charge in [0.1, 0.15) is 5.84 Å². The highest BCUT2D eigenvalue weighted by Crippen LogP contribution is 2.22. The first kappa shape index (κ1) is 21.5. The van der Waals surface area contributed by atoms with Crippen molar-refractivity contribution in [2.75, 3.05) is 32.7 Å². The molecule has 0 unspecified atom stereocenters. The number of aliphatic imine (C=N–C) groups is 1. The van der Waals surface area contributed by atoms with Gasteiger partial charge in [0.2, 0.25) is 5.91 Å². The lowest BCUT2D eigenvalue weighted by molar-refractivity contribution is -0.132.